The smallest absolute Gasteiger partial charge is 0.333 e. The first kappa shape index (κ1) is 15.6. The van der Waals surface area contributed by atoms with Crippen molar-refractivity contribution in [2.75, 3.05) is 7.11 Å². The minimum absolute atomic E-state index is 0.112. The van der Waals surface area contributed by atoms with Crippen molar-refractivity contribution >= 4 is 11.9 Å². The van der Waals surface area contributed by atoms with Crippen molar-refractivity contribution in [2.24, 2.45) is 0 Å². The lowest BCUT2D eigenvalue weighted by Gasteiger charge is -2.17. The first-order valence-corrected chi connectivity index (χ1v) is 6.80. The van der Waals surface area contributed by atoms with E-state index in [9.17, 15) is 14.7 Å². The Balaban J connectivity index is 2.08. The molecule has 0 unspecified atom stereocenters. The van der Waals surface area contributed by atoms with E-state index in [0.717, 1.165) is 5.56 Å². The molecule has 0 aliphatic carbocycles. The number of carbonyl (C=O) groups is 2. The molecule has 0 saturated carbocycles. The lowest BCUT2D eigenvalue weighted by molar-refractivity contribution is -0.145. The fourth-order valence-electron chi connectivity index (χ4n) is 2.05. The molecular weight excluding hydrogens is 282 g/mol. The predicted molar refractivity (Wildman–Crippen MR) is 81.2 cm³/mol. The molecule has 2 rings (SSSR count). The molecule has 2 aromatic rings. The van der Waals surface area contributed by atoms with Gasteiger partial charge in [0.25, 0.3) is 0 Å². The summed E-state index contributed by atoms with van der Waals surface area (Å²) in [5, 5.41) is 11.9. The van der Waals surface area contributed by atoms with Gasteiger partial charge in [0.15, 0.2) is 6.04 Å². The van der Waals surface area contributed by atoms with E-state index in [0.29, 0.717) is 5.56 Å². The maximum atomic E-state index is 12.1. The van der Waals surface area contributed by atoms with Gasteiger partial charge in [-0.15, -0.1) is 0 Å². The molecule has 1 atom stereocenters. The number of hydrogen-bond donors (Lipinski definition) is 2. The lowest BCUT2D eigenvalue weighted by atomic mass is 10.1. The largest absolute Gasteiger partial charge is 0.508 e. The third-order valence-electron chi connectivity index (χ3n) is 3.18. The topological polar surface area (TPSA) is 75.6 Å². The van der Waals surface area contributed by atoms with Crippen LogP contribution in [0.2, 0.25) is 0 Å². The van der Waals surface area contributed by atoms with E-state index in [1.807, 2.05) is 6.07 Å². The molecule has 0 aromatic heterocycles. The Morgan fingerprint density at radius 1 is 1.09 bits per heavy atom. The highest BCUT2D eigenvalue weighted by atomic mass is 16.5. The molecule has 114 valence electrons. The summed E-state index contributed by atoms with van der Waals surface area (Å²) in [6.07, 6.45) is 0.112. The molecule has 2 aromatic carbocycles. The van der Waals surface area contributed by atoms with E-state index < -0.39 is 12.0 Å². The highest BCUT2D eigenvalue weighted by Crippen LogP contribution is 2.15. The van der Waals surface area contributed by atoms with Crippen molar-refractivity contribution in [1.82, 2.24) is 5.32 Å². The molecule has 0 aliphatic heterocycles. The molecule has 0 fully saturated rings. The van der Waals surface area contributed by atoms with Gasteiger partial charge in [0.1, 0.15) is 5.75 Å². The summed E-state index contributed by atoms with van der Waals surface area (Å²) in [7, 11) is 1.28. The number of hydrogen-bond acceptors (Lipinski definition) is 4. The summed E-state index contributed by atoms with van der Waals surface area (Å²) >= 11 is 0. The van der Waals surface area contributed by atoms with Gasteiger partial charge >= 0.3 is 5.97 Å². The number of ether oxygens (including phenoxy) is 1. The van der Waals surface area contributed by atoms with E-state index in [-0.39, 0.29) is 18.1 Å². The third kappa shape index (κ3) is 4.09. The molecule has 22 heavy (non-hydrogen) atoms. The van der Waals surface area contributed by atoms with Crippen LogP contribution >= 0.6 is 0 Å². The van der Waals surface area contributed by atoms with Gasteiger partial charge in [-0.2, -0.15) is 0 Å². The first-order chi connectivity index (χ1) is 10.6. The number of phenols is 1. The maximum absolute atomic E-state index is 12.1. The fraction of sp³-hybridized carbons (Fsp3) is 0.176. The Bertz CT molecular complexity index is 637. The first-order valence-electron chi connectivity index (χ1n) is 6.80. The quantitative estimate of drug-likeness (QED) is 0.828. The zero-order valence-corrected chi connectivity index (χ0v) is 12.2. The summed E-state index contributed by atoms with van der Waals surface area (Å²) in [5.74, 6) is -0.684. The van der Waals surface area contributed by atoms with Crippen molar-refractivity contribution in [3.8, 4) is 5.75 Å². The number of nitrogens with one attached hydrogen (secondary N) is 1. The van der Waals surface area contributed by atoms with Gasteiger partial charge in [0.05, 0.1) is 13.5 Å². The highest BCUT2D eigenvalue weighted by Gasteiger charge is 2.23. The van der Waals surface area contributed by atoms with Crippen LogP contribution in [0.15, 0.2) is 54.6 Å². The minimum Gasteiger partial charge on any atom is -0.508 e. The molecule has 0 saturated heterocycles. The number of rotatable bonds is 5. The summed E-state index contributed by atoms with van der Waals surface area (Å²) in [6, 6.07) is 14.4. The molecule has 5 nitrogen and oxygen atoms in total. The van der Waals surface area contributed by atoms with Crippen LogP contribution < -0.4 is 5.32 Å². The van der Waals surface area contributed by atoms with E-state index in [4.69, 9.17) is 4.74 Å². The normalized spacial score (nSPS) is 11.5. The Hall–Kier alpha value is -2.82. The van der Waals surface area contributed by atoms with Crippen LogP contribution in [-0.4, -0.2) is 24.1 Å². The van der Waals surface area contributed by atoms with E-state index >= 15 is 0 Å². The number of amides is 1. The second kappa shape index (κ2) is 7.26. The minimum atomic E-state index is -0.837. The SMILES string of the molecule is COC(=O)[C@@H](NC(=O)Cc1ccc(O)cc1)c1ccccc1. The molecule has 0 spiro atoms. The molecule has 0 bridgehead atoms. The Labute approximate surface area is 128 Å². The predicted octanol–water partition coefficient (Wildman–Crippen LogP) is 1.97. The molecule has 0 radical (unpaired) electrons. The van der Waals surface area contributed by atoms with Crippen LogP contribution in [0, 0.1) is 0 Å². The summed E-state index contributed by atoms with van der Waals surface area (Å²) in [6.45, 7) is 0. The van der Waals surface area contributed by atoms with Crippen molar-refractivity contribution in [1.29, 1.82) is 0 Å². The Morgan fingerprint density at radius 3 is 2.32 bits per heavy atom. The fourth-order valence-corrected chi connectivity index (χ4v) is 2.05. The number of methoxy groups -OCH3 is 1. The van der Waals surface area contributed by atoms with Crippen molar-refractivity contribution in [3.63, 3.8) is 0 Å². The van der Waals surface area contributed by atoms with Crippen molar-refractivity contribution in [2.45, 2.75) is 12.5 Å². The van der Waals surface area contributed by atoms with Gasteiger partial charge in [-0.1, -0.05) is 42.5 Å². The zero-order chi connectivity index (χ0) is 15.9. The highest BCUT2D eigenvalue weighted by molar-refractivity contribution is 5.86. The van der Waals surface area contributed by atoms with Gasteiger partial charge in [-0.3, -0.25) is 4.79 Å². The summed E-state index contributed by atoms with van der Waals surface area (Å²) < 4.78 is 4.75. The molecular formula is C17H17NO4. The van der Waals surface area contributed by atoms with Crippen LogP contribution in [-0.2, 0) is 20.7 Å². The van der Waals surface area contributed by atoms with Gasteiger partial charge in [-0.05, 0) is 23.3 Å². The number of aromatic hydroxyl groups is 1. The molecule has 0 aliphatic rings. The Kier molecular flexibility index (Phi) is 5.14. The van der Waals surface area contributed by atoms with Crippen molar-refractivity contribution in [3.05, 3.63) is 65.7 Å². The maximum Gasteiger partial charge on any atom is 0.333 e. The third-order valence-corrected chi connectivity index (χ3v) is 3.18. The van der Waals surface area contributed by atoms with E-state index in [1.54, 1.807) is 36.4 Å². The van der Waals surface area contributed by atoms with Crippen LogP contribution in [0.3, 0.4) is 0 Å². The molecule has 2 N–H and O–H groups in total. The monoisotopic (exact) mass is 299 g/mol. The van der Waals surface area contributed by atoms with E-state index in [2.05, 4.69) is 5.32 Å². The molecule has 0 heterocycles. The van der Waals surface area contributed by atoms with Crippen LogP contribution in [0.5, 0.6) is 5.75 Å². The summed E-state index contributed by atoms with van der Waals surface area (Å²) in [4.78, 5) is 24.0. The number of esters is 1. The number of benzene rings is 2. The average molecular weight is 299 g/mol. The van der Waals surface area contributed by atoms with Crippen molar-refractivity contribution < 1.29 is 19.4 Å². The van der Waals surface area contributed by atoms with E-state index in [1.165, 1.54) is 19.2 Å². The van der Waals surface area contributed by atoms with Gasteiger partial charge in [0.2, 0.25) is 5.91 Å². The standard InChI is InChI=1S/C17H17NO4/c1-22-17(21)16(13-5-3-2-4-6-13)18-15(20)11-12-7-9-14(19)10-8-12/h2-10,16,19H,11H2,1H3,(H,18,20)/t16-/m0/s1. The molecule has 5 heteroatoms. The average Bonchev–Trinajstić information content (AvgIpc) is 2.55. The van der Waals surface area contributed by atoms with Crippen LogP contribution in [0.1, 0.15) is 17.2 Å². The second-order valence-electron chi connectivity index (χ2n) is 4.78. The van der Waals surface area contributed by atoms with Crippen LogP contribution in [0.4, 0.5) is 0 Å². The number of carbonyl (C=O) groups excluding carboxylic acids is 2. The number of phenolic OH excluding ortho intramolecular Hbond substituents is 1. The van der Waals surface area contributed by atoms with Gasteiger partial charge < -0.3 is 15.2 Å². The van der Waals surface area contributed by atoms with Gasteiger partial charge in [0, 0.05) is 0 Å². The lowest BCUT2D eigenvalue weighted by Crippen LogP contribution is -2.35. The Morgan fingerprint density at radius 2 is 1.73 bits per heavy atom. The second-order valence-corrected chi connectivity index (χ2v) is 4.78. The summed E-state index contributed by atoms with van der Waals surface area (Å²) in [5.41, 5.74) is 1.40. The van der Waals surface area contributed by atoms with Gasteiger partial charge in [-0.25, -0.2) is 4.79 Å². The van der Waals surface area contributed by atoms with Crippen LogP contribution in [0.25, 0.3) is 0 Å². The zero-order valence-electron chi connectivity index (χ0n) is 12.2. The molecule has 1 amide bonds.